The second kappa shape index (κ2) is 7.13. The average Bonchev–Trinajstić information content (AvgIpc) is 3.08. The quantitative estimate of drug-likeness (QED) is 0.924. The van der Waals surface area contributed by atoms with Crippen LogP contribution in [0.25, 0.3) is 0 Å². The standard InChI is InChI=1S/C18H23NO4/c20-17(21)11-13-2-1-3-15(10-13)18(22)19-7-4-14(5-8-19)16-6-9-23-12-16/h1-3,10,14,16H,4-9,11-12H2,(H,20,21). The van der Waals surface area contributed by atoms with Crippen molar-refractivity contribution in [3.8, 4) is 0 Å². The van der Waals surface area contributed by atoms with Crippen molar-refractivity contribution < 1.29 is 19.4 Å². The van der Waals surface area contributed by atoms with E-state index in [9.17, 15) is 9.59 Å². The topological polar surface area (TPSA) is 66.8 Å². The molecule has 0 saturated carbocycles. The van der Waals surface area contributed by atoms with Gasteiger partial charge in [0.25, 0.3) is 5.91 Å². The van der Waals surface area contributed by atoms with Crippen LogP contribution in [0.5, 0.6) is 0 Å². The molecule has 5 nitrogen and oxygen atoms in total. The van der Waals surface area contributed by atoms with Gasteiger partial charge in [0.2, 0.25) is 0 Å². The third kappa shape index (κ3) is 3.91. The van der Waals surface area contributed by atoms with Crippen LogP contribution in [0.2, 0.25) is 0 Å². The fraction of sp³-hybridized carbons (Fsp3) is 0.556. The number of carbonyl (C=O) groups is 2. The molecule has 2 saturated heterocycles. The minimum absolute atomic E-state index is 0.0124. The molecule has 1 amide bonds. The molecule has 0 aliphatic carbocycles. The summed E-state index contributed by atoms with van der Waals surface area (Å²) in [6.45, 7) is 3.31. The number of carbonyl (C=O) groups excluding carboxylic acids is 1. The first-order valence-corrected chi connectivity index (χ1v) is 8.31. The Hall–Kier alpha value is -1.88. The van der Waals surface area contributed by atoms with Crippen molar-refractivity contribution in [3.63, 3.8) is 0 Å². The van der Waals surface area contributed by atoms with E-state index in [4.69, 9.17) is 9.84 Å². The SMILES string of the molecule is O=C(O)Cc1cccc(C(=O)N2CCC(C3CCOC3)CC2)c1. The smallest absolute Gasteiger partial charge is 0.307 e. The van der Waals surface area contributed by atoms with E-state index >= 15 is 0 Å². The maximum absolute atomic E-state index is 12.6. The van der Waals surface area contributed by atoms with Crippen LogP contribution in [0.3, 0.4) is 0 Å². The van der Waals surface area contributed by atoms with Gasteiger partial charge >= 0.3 is 5.97 Å². The number of likely N-dealkylation sites (tertiary alicyclic amines) is 1. The highest BCUT2D eigenvalue weighted by atomic mass is 16.5. The normalized spacial score (nSPS) is 22.3. The number of benzene rings is 1. The molecular formula is C18H23NO4. The Morgan fingerprint density at radius 2 is 1.96 bits per heavy atom. The first-order chi connectivity index (χ1) is 11.1. The van der Waals surface area contributed by atoms with Crippen molar-refractivity contribution in [1.82, 2.24) is 4.90 Å². The van der Waals surface area contributed by atoms with Gasteiger partial charge in [-0.3, -0.25) is 9.59 Å². The Morgan fingerprint density at radius 3 is 2.61 bits per heavy atom. The van der Waals surface area contributed by atoms with E-state index in [2.05, 4.69) is 0 Å². The van der Waals surface area contributed by atoms with Crippen molar-refractivity contribution in [2.75, 3.05) is 26.3 Å². The summed E-state index contributed by atoms with van der Waals surface area (Å²) in [5.41, 5.74) is 1.26. The van der Waals surface area contributed by atoms with Crippen LogP contribution in [0.4, 0.5) is 0 Å². The number of hydrogen-bond acceptors (Lipinski definition) is 3. The molecule has 0 radical (unpaired) electrons. The van der Waals surface area contributed by atoms with Gasteiger partial charge in [0.05, 0.1) is 6.42 Å². The van der Waals surface area contributed by atoms with E-state index in [0.29, 0.717) is 23.0 Å². The molecule has 1 aromatic carbocycles. The molecule has 124 valence electrons. The van der Waals surface area contributed by atoms with Gasteiger partial charge in [0.15, 0.2) is 0 Å². The molecule has 1 aromatic rings. The Labute approximate surface area is 136 Å². The molecule has 2 heterocycles. The number of nitrogens with zero attached hydrogens (tertiary/aromatic N) is 1. The molecule has 2 aliphatic heterocycles. The molecule has 1 unspecified atom stereocenters. The minimum Gasteiger partial charge on any atom is -0.481 e. The fourth-order valence-corrected chi connectivity index (χ4v) is 3.67. The molecule has 0 spiro atoms. The fourth-order valence-electron chi connectivity index (χ4n) is 3.67. The van der Waals surface area contributed by atoms with Gasteiger partial charge in [-0.15, -0.1) is 0 Å². The van der Waals surface area contributed by atoms with E-state index in [0.717, 1.165) is 45.6 Å². The van der Waals surface area contributed by atoms with Crippen LogP contribution in [0.1, 0.15) is 35.2 Å². The number of amides is 1. The maximum atomic E-state index is 12.6. The lowest BCUT2D eigenvalue weighted by Crippen LogP contribution is -2.40. The lowest BCUT2D eigenvalue weighted by Gasteiger charge is -2.34. The number of rotatable bonds is 4. The van der Waals surface area contributed by atoms with E-state index in [-0.39, 0.29) is 12.3 Å². The third-order valence-corrected chi connectivity index (χ3v) is 4.99. The lowest BCUT2D eigenvalue weighted by molar-refractivity contribution is -0.136. The summed E-state index contributed by atoms with van der Waals surface area (Å²) < 4.78 is 5.47. The molecule has 1 N–H and O–H groups in total. The van der Waals surface area contributed by atoms with Crippen molar-refractivity contribution in [2.24, 2.45) is 11.8 Å². The number of piperidine rings is 1. The predicted molar refractivity (Wildman–Crippen MR) is 85.3 cm³/mol. The summed E-state index contributed by atoms with van der Waals surface area (Å²) in [6, 6.07) is 6.98. The Bertz CT molecular complexity index is 572. The van der Waals surface area contributed by atoms with Gasteiger partial charge in [-0.05, 0) is 48.8 Å². The van der Waals surface area contributed by atoms with Crippen LogP contribution < -0.4 is 0 Å². The Kier molecular flexibility index (Phi) is 4.96. The number of carboxylic acids is 1. The van der Waals surface area contributed by atoms with E-state index in [1.807, 2.05) is 4.90 Å². The molecule has 0 bridgehead atoms. The van der Waals surface area contributed by atoms with Gasteiger partial charge < -0.3 is 14.7 Å². The Balaban J connectivity index is 1.59. The highest BCUT2D eigenvalue weighted by molar-refractivity contribution is 5.94. The summed E-state index contributed by atoms with van der Waals surface area (Å²) in [5, 5.41) is 8.87. The van der Waals surface area contributed by atoms with Gasteiger partial charge in [0, 0.05) is 31.9 Å². The first-order valence-electron chi connectivity index (χ1n) is 8.31. The van der Waals surface area contributed by atoms with Crippen molar-refractivity contribution in [3.05, 3.63) is 35.4 Å². The van der Waals surface area contributed by atoms with Gasteiger partial charge in [0.1, 0.15) is 0 Å². The first kappa shape index (κ1) is 16.0. The summed E-state index contributed by atoms with van der Waals surface area (Å²) >= 11 is 0. The number of aliphatic carboxylic acids is 1. The molecule has 23 heavy (non-hydrogen) atoms. The zero-order valence-corrected chi connectivity index (χ0v) is 13.2. The van der Waals surface area contributed by atoms with Crippen LogP contribution in [-0.2, 0) is 16.0 Å². The van der Waals surface area contributed by atoms with Crippen LogP contribution in [-0.4, -0.2) is 48.2 Å². The van der Waals surface area contributed by atoms with Crippen LogP contribution >= 0.6 is 0 Å². The highest BCUT2D eigenvalue weighted by Gasteiger charge is 2.30. The van der Waals surface area contributed by atoms with Gasteiger partial charge in [-0.1, -0.05) is 12.1 Å². The second-order valence-electron chi connectivity index (χ2n) is 6.52. The predicted octanol–water partition coefficient (Wildman–Crippen LogP) is 2.20. The number of carboxylic acid groups (broad SMARTS) is 1. The maximum Gasteiger partial charge on any atom is 0.307 e. The largest absolute Gasteiger partial charge is 0.481 e. The minimum atomic E-state index is -0.880. The van der Waals surface area contributed by atoms with E-state index in [1.54, 1.807) is 24.3 Å². The highest BCUT2D eigenvalue weighted by Crippen LogP contribution is 2.31. The second-order valence-corrected chi connectivity index (χ2v) is 6.52. The van der Waals surface area contributed by atoms with E-state index < -0.39 is 5.97 Å². The summed E-state index contributed by atoms with van der Waals surface area (Å²) in [6.07, 6.45) is 3.17. The number of hydrogen-bond donors (Lipinski definition) is 1. The monoisotopic (exact) mass is 317 g/mol. The van der Waals surface area contributed by atoms with Crippen molar-refractivity contribution >= 4 is 11.9 Å². The van der Waals surface area contributed by atoms with Crippen LogP contribution in [0, 0.1) is 11.8 Å². The lowest BCUT2D eigenvalue weighted by atomic mass is 9.84. The summed E-state index contributed by atoms with van der Waals surface area (Å²) in [7, 11) is 0. The zero-order valence-electron chi connectivity index (χ0n) is 13.2. The summed E-state index contributed by atoms with van der Waals surface area (Å²) in [5.74, 6) is 0.457. The molecule has 1 atom stereocenters. The Morgan fingerprint density at radius 1 is 1.17 bits per heavy atom. The molecule has 5 heteroatoms. The summed E-state index contributed by atoms with van der Waals surface area (Å²) in [4.78, 5) is 25.3. The van der Waals surface area contributed by atoms with Gasteiger partial charge in [-0.25, -0.2) is 0 Å². The molecule has 0 aromatic heterocycles. The van der Waals surface area contributed by atoms with E-state index in [1.165, 1.54) is 0 Å². The molecule has 2 aliphatic rings. The third-order valence-electron chi connectivity index (χ3n) is 4.99. The molecule has 2 fully saturated rings. The van der Waals surface area contributed by atoms with Crippen LogP contribution in [0.15, 0.2) is 24.3 Å². The average molecular weight is 317 g/mol. The van der Waals surface area contributed by atoms with Crippen molar-refractivity contribution in [1.29, 1.82) is 0 Å². The van der Waals surface area contributed by atoms with Gasteiger partial charge in [-0.2, -0.15) is 0 Å². The molecular weight excluding hydrogens is 294 g/mol. The number of ether oxygens (including phenoxy) is 1. The molecule has 3 rings (SSSR count). The van der Waals surface area contributed by atoms with Crippen molar-refractivity contribution in [2.45, 2.75) is 25.7 Å². The zero-order chi connectivity index (χ0) is 16.2.